The molecule has 2 aromatic rings. The number of benzene rings is 2. The van der Waals surface area contributed by atoms with E-state index in [1.165, 1.54) is 0 Å². The third kappa shape index (κ3) is 5.98. The summed E-state index contributed by atoms with van der Waals surface area (Å²) < 4.78 is 11.5. The number of hydrogen-bond donors (Lipinski definition) is 0. The van der Waals surface area contributed by atoms with Gasteiger partial charge >= 0.3 is 0 Å². The van der Waals surface area contributed by atoms with Crippen LogP contribution in [0.25, 0.3) is 0 Å². The fourth-order valence-electron chi connectivity index (χ4n) is 3.20. The predicted molar refractivity (Wildman–Crippen MR) is 112 cm³/mol. The molecule has 1 heterocycles. The van der Waals surface area contributed by atoms with E-state index < -0.39 is 0 Å². The Balaban J connectivity index is 1.72. The van der Waals surface area contributed by atoms with Gasteiger partial charge in [0.1, 0.15) is 5.75 Å². The molecule has 0 saturated carbocycles. The summed E-state index contributed by atoms with van der Waals surface area (Å²) in [6.45, 7) is 6.77. The van der Waals surface area contributed by atoms with Gasteiger partial charge in [0.15, 0.2) is 0 Å². The highest BCUT2D eigenvalue weighted by Crippen LogP contribution is 2.20. The molecule has 0 N–H and O–H groups in total. The van der Waals surface area contributed by atoms with Crippen molar-refractivity contribution in [1.82, 2.24) is 4.90 Å². The zero-order chi connectivity index (χ0) is 19.9. The van der Waals surface area contributed by atoms with Crippen molar-refractivity contribution in [1.29, 1.82) is 0 Å². The van der Waals surface area contributed by atoms with Gasteiger partial charge in [-0.2, -0.15) is 0 Å². The quantitative estimate of drug-likeness (QED) is 0.610. The van der Waals surface area contributed by atoms with Crippen molar-refractivity contribution in [2.75, 3.05) is 19.8 Å². The summed E-state index contributed by atoms with van der Waals surface area (Å²) in [6.07, 6.45) is 2.15. The molecule has 0 aliphatic carbocycles. The van der Waals surface area contributed by atoms with E-state index in [4.69, 9.17) is 21.1 Å². The monoisotopic (exact) mass is 401 g/mol. The average molecular weight is 402 g/mol. The van der Waals surface area contributed by atoms with E-state index in [0.29, 0.717) is 36.2 Å². The van der Waals surface area contributed by atoms with Crippen molar-refractivity contribution >= 4 is 17.5 Å². The molecule has 1 saturated heterocycles. The van der Waals surface area contributed by atoms with Crippen LogP contribution < -0.4 is 4.74 Å². The summed E-state index contributed by atoms with van der Waals surface area (Å²) in [5.74, 6) is 1.25. The summed E-state index contributed by atoms with van der Waals surface area (Å²) in [7, 11) is 0. The van der Waals surface area contributed by atoms with Gasteiger partial charge in [0.2, 0.25) is 0 Å². The fraction of sp³-hybridized carbons (Fsp3) is 0.435. The number of carbonyl (C=O) groups excluding carboxylic acids is 1. The molecule has 1 atom stereocenters. The molecule has 0 aromatic heterocycles. The van der Waals surface area contributed by atoms with Crippen molar-refractivity contribution in [3.05, 3.63) is 64.7 Å². The highest BCUT2D eigenvalue weighted by atomic mass is 35.5. The third-order valence-electron chi connectivity index (χ3n) is 4.71. The molecular weight excluding hydrogens is 374 g/mol. The Morgan fingerprint density at radius 1 is 1.18 bits per heavy atom. The number of carbonyl (C=O) groups is 1. The molecule has 0 spiro atoms. The van der Waals surface area contributed by atoms with Gasteiger partial charge in [0, 0.05) is 30.3 Å². The maximum atomic E-state index is 13.2. The molecular formula is C23H28ClNO3. The lowest BCUT2D eigenvalue weighted by molar-refractivity contribution is 0.0507. The first-order valence-electron chi connectivity index (χ1n) is 9.89. The smallest absolute Gasteiger partial charge is 0.254 e. The van der Waals surface area contributed by atoms with E-state index in [-0.39, 0.29) is 12.0 Å². The maximum Gasteiger partial charge on any atom is 0.254 e. The Bertz CT molecular complexity index is 752. The number of halogens is 1. The largest absolute Gasteiger partial charge is 0.493 e. The predicted octanol–water partition coefficient (Wildman–Crippen LogP) is 5.20. The Kier molecular flexibility index (Phi) is 7.35. The van der Waals surface area contributed by atoms with Crippen molar-refractivity contribution in [3.8, 4) is 5.75 Å². The molecule has 1 amide bonds. The first kappa shape index (κ1) is 20.7. The van der Waals surface area contributed by atoms with Crippen LogP contribution in [0.5, 0.6) is 5.75 Å². The minimum atomic E-state index is 0.000796. The normalized spacial score (nSPS) is 16.4. The van der Waals surface area contributed by atoms with Gasteiger partial charge in [0.05, 0.1) is 12.7 Å². The Hall–Kier alpha value is -2.04. The van der Waals surface area contributed by atoms with Crippen molar-refractivity contribution in [3.63, 3.8) is 0 Å². The summed E-state index contributed by atoms with van der Waals surface area (Å²) in [4.78, 5) is 15.0. The zero-order valence-electron chi connectivity index (χ0n) is 16.6. The molecule has 28 heavy (non-hydrogen) atoms. The van der Waals surface area contributed by atoms with Crippen LogP contribution in [0, 0.1) is 5.92 Å². The van der Waals surface area contributed by atoms with Crippen LogP contribution >= 0.6 is 11.6 Å². The first-order valence-corrected chi connectivity index (χ1v) is 10.3. The van der Waals surface area contributed by atoms with Gasteiger partial charge in [-0.15, -0.1) is 0 Å². The van der Waals surface area contributed by atoms with Crippen LogP contribution in [0.1, 0.15) is 42.6 Å². The van der Waals surface area contributed by atoms with Crippen molar-refractivity contribution in [2.24, 2.45) is 5.92 Å². The number of rotatable bonds is 8. The zero-order valence-corrected chi connectivity index (χ0v) is 17.3. The molecule has 4 nitrogen and oxygen atoms in total. The minimum absolute atomic E-state index is 0.000796. The summed E-state index contributed by atoms with van der Waals surface area (Å²) in [6, 6.07) is 15.0. The molecule has 1 aliphatic heterocycles. The van der Waals surface area contributed by atoms with Crippen LogP contribution in [-0.4, -0.2) is 36.7 Å². The van der Waals surface area contributed by atoms with Gasteiger partial charge in [-0.3, -0.25) is 4.79 Å². The fourth-order valence-corrected chi connectivity index (χ4v) is 3.33. The number of hydrogen-bond acceptors (Lipinski definition) is 3. The molecule has 1 fully saturated rings. The highest BCUT2D eigenvalue weighted by Gasteiger charge is 2.23. The lowest BCUT2D eigenvalue weighted by atomic mass is 10.1. The van der Waals surface area contributed by atoms with Crippen LogP contribution in [0.4, 0.5) is 0 Å². The standard InChI is InChI=1S/C23H28ClNO3/c1-17(2)16-28-21-11-7-19(8-12-21)23(26)25(15-22-4-3-13-27-22)14-18-5-9-20(24)10-6-18/h5-12,17,22H,3-4,13-16H2,1-2H3. The molecule has 0 bridgehead atoms. The van der Waals surface area contributed by atoms with E-state index in [2.05, 4.69) is 13.8 Å². The SMILES string of the molecule is CC(C)COc1ccc(C(=O)N(Cc2ccc(Cl)cc2)CC2CCCO2)cc1. The van der Waals surface area contributed by atoms with E-state index in [0.717, 1.165) is 30.8 Å². The Morgan fingerprint density at radius 2 is 1.89 bits per heavy atom. The molecule has 1 unspecified atom stereocenters. The van der Waals surface area contributed by atoms with E-state index in [1.807, 2.05) is 53.4 Å². The lowest BCUT2D eigenvalue weighted by Gasteiger charge is -2.26. The minimum Gasteiger partial charge on any atom is -0.493 e. The summed E-state index contributed by atoms with van der Waals surface area (Å²) >= 11 is 5.99. The average Bonchev–Trinajstić information content (AvgIpc) is 3.20. The number of amides is 1. The van der Waals surface area contributed by atoms with Gasteiger partial charge in [-0.25, -0.2) is 0 Å². The highest BCUT2D eigenvalue weighted by molar-refractivity contribution is 6.30. The van der Waals surface area contributed by atoms with Gasteiger partial charge in [-0.1, -0.05) is 37.6 Å². The number of ether oxygens (including phenoxy) is 2. The Labute approximate surface area is 172 Å². The lowest BCUT2D eigenvalue weighted by Crippen LogP contribution is -2.37. The van der Waals surface area contributed by atoms with Crippen molar-refractivity contribution < 1.29 is 14.3 Å². The second-order valence-corrected chi connectivity index (χ2v) is 8.11. The third-order valence-corrected chi connectivity index (χ3v) is 4.96. The van der Waals surface area contributed by atoms with Crippen LogP contribution in [-0.2, 0) is 11.3 Å². The van der Waals surface area contributed by atoms with Crippen LogP contribution in [0.2, 0.25) is 5.02 Å². The molecule has 2 aromatic carbocycles. The molecule has 5 heteroatoms. The molecule has 1 aliphatic rings. The second-order valence-electron chi connectivity index (χ2n) is 7.68. The maximum absolute atomic E-state index is 13.2. The molecule has 0 radical (unpaired) electrons. The molecule has 150 valence electrons. The van der Waals surface area contributed by atoms with E-state index in [1.54, 1.807) is 0 Å². The van der Waals surface area contributed by atoms with E-state index >= 15 is 0 Å². The van der Waals surface area contributed by atoms with Crippen LogP contribution in [0.3, 0.4) is 0 Å². The van der Waals surface area contributed by atoms with Gasteiger partial charge in [-0.05, 0) is 60.7 Å². The van der Waals surface area contributed by atoms with Gasteiger partial charge < -0.3 is 14.4 Å². The summed E-state index contributed by atoms with van der Waals surface area (Å²) in [5.41, 5.74) is 1.71. The second kappa shape index (κ2) is 9.94. The van der Waals surface area contributed by atoms with Crippen LogP contribution in [0.15, 0.2) is 48.5 Å². The molecule has 3 rings (SSSR count). The topological polar surface area (TPSA) is 38.8 Å². The first-order chi connectivity index (χ1) is 13.5. The van der Waals surface area contributed by atoms with Crippen molar-refractivity contribution in [2.45, 2.75) is 39.3 Å². The number of nitrogens with zero attached hydrogens (tertiary/aromatic N) is 1. The Morgan fingerprint density at radius 3 is 2.50 bits per heavy atom. The summed E-state index contributed by atoms with van der Waals surface area (Å²) in [5, 5.41) is 0.692. The van der Waals surface area contributed by atoms with E-state index in [9.17, 15) is 4.79 Å². The van der Waals surface area contributed by atoms with Gasteiger partial charge in [0.25, 0.3) is 5.91 Å².